The highest BCUT2D eigenvalue weighted by molar-refractivity contribution is 7.58. The van der Waals surface area contributed by atoms with E-state index in [4.69, 9.17) is 9.47 Å². The number of amides is 1. The largest absolute Gasteiger partial charge is 0.457 e. The monoisotopic (exact) mass is 597 g/mol. The van der Waals surface area contributed by atoms with Crippen LogP contribution in [0.4, 0.5) is 4.79 Å². The number of benzene rings is 4. The Labute approximate surface area is 250 Å². The van der Waals surface area contributed by atoms with E-state index >= 15 is 0 Å². The van der Waals surface area contributed by atoms with Crippen molar-refractivity contribution in [2.24, 2.45) is 5.92 Å². The van der Waals surface area contributed by atoms with E-state index in [0.29, 0.717) is 5.56 Å². The smallest absolute Gasteiger partial charge is 0.407 e. The van der Waals surface area contributed by atoms with Gasteiger partial charge in [0.05, 0.1) is 12.2 Å². The number of ether oxygens (including phenoxy) is 2. The SMILES string of the molecule is O=C(NCP(=O)(O)CC(Cc1ccccc1)C(=O)OCC(=O)c1ccccc1)OCC1c2ccccc2-c2ccccc21. The summed E-state index contributed by atoms with van der Waals surface area (Å²) in [6, 6.07) is 33.3. The quantitative estimate of drug-likeness (QED) is 0.116. The standard InChI is InChI=1S/C34H32NO7P/c36-32(25-13-5-2-6-14-25)21-41-33(37)26(19-24-11-3-1-4-12-24)22-43(39,40)23-35-34(38)42-20-31-29-17-9-7-15-27(29)28-16-8-10-18-30(28)31/h1-18,26,31H,19-23H2,(H,35,38)(H,39,40). The number of esters is 1. The van der Waals surface area contributed by atoms with E-state index in [1.165, 1.54) is 0 Å². The van der Waals surface area contributed by atoms with Crippen LogP contribution in [0.1, 0.15) is 33.0 Å². The highest BCUT2D eigenvalue weighted by Crippen LogP contribution is 2.45. The first kappa shape index (κ1) is 30.0. The number of fused-ring (bicyclic) bond motifs is 3. The van der Waals surface area contributed by atoms with Gasteiger partial charge in [0.25, 0.3) is 0 Å². The minimum absolute atomic E-state index is 0.0635. The molecule has 0 spiro atoms. The second-order valence-electron chi connectivity index (χ2n) is 10.5. The lowest BCUT2D eigenvalue weighted by atomic mass is 9.98. The third kappa shape index (κ3) is 7.66. The van der Waals surface area contributed by atoms with Crippen LogP contribution in [-0.2, 0) is 25.3 Å². The van der Waals surface area contributed by atoms with Crippen molar-refractivity contribution >= 4 is 25.2 Å². The Kier molecular flexibility index (Phi) is 9.50. The molecule has 5 rings (SSSR count). The number of nitrogens with one attached hydrogen (secondary N) is 1. The molecule has 8 nitrogen and oxygen atoms in total. The Morgan fingerprint density at radius 3 is 1.95 bits per heavy atom. The Morgan fingerprint density at radius 1 is 0.767 bits per heavy atom. The fourth-order valence-corrected chi connectivity index (χ4v) is 6.80. The molecule has 1 aliphatic rings. The van der Waals surface area contributed by atoms with E-state index in [1.54, 1.807) is 54.6 Å². The summed E-state index contributed by atoms with van der Waals surface area (Å²) in [6.45, 7) is -0.421. The van der Waals surface area contributed by atoms with E-state index in [9.17, 15) is 23.8 Å². The van der Waals surface area contributed by atoms with Gasteiger partial charge in [-0.05, 0) is 34.2 Å². The summed E-state index contributed by atoms with van der Waals surface area (Å²) in [5.41, 5.74) is 5.45. The van der Waals surface area contributed by atoms with Gasteiger partial charge in [-0.3, -0.25) is 14.2 Å². The van der Waals surface area contributed by atoms with Crippen molar-refractivity contribution in [3.63, 3.8) is 0 Å². The van der Waals surface area contributed by atoms with E-state index in [2.05, 4.69) is 5.32 Å². The van der Waals surface area contributed by atoms with Crippen molar-refractivity contribution in [1.82, 2.24) is 5.32 Å². The molecular formula is C34H32NO7P. The molecule has 0 aromatic heterocycles. The maximum Gasteiger partial charge on any atom is 0.407 e. The molecule has 220 valence electrons. The van der Waals surface area contributed by atoms with E-state index in [1.807, 2.05) is 54.6 Å². The summed E-state index contributed by atoms with van der Waals surface area (Å²) < 4.78 is 23.9. The average molecular weight is 598 g/mol. The molecule has 2 atom stereocenters. The van der Waals surface area contributed by atoms with Crippen molar-refractivity contribution < 1.29 is 33.3 Å². The molecule has 0 aliphatic heterocycles. The molecule has 0 bridgehead atoms. The first-order chi connectivity index (χ1) is 20.8. The van der Waals surface area contributed by atoms with Crippen LogP contribution in [0.5, 0.6) is 0 Å². The summed E-state index contributed by atoms with van der Waals surface area (Å²) in [7, 11) is -4.05. The first-order valence-electron chi connectivity index (χ1n) is 14.0. The number of alkyl carbamates (subject to hydrolysis) is 1. The maximum atomic E-state index is 13.2. The molecule has 0 heterocycles. The van der Waals surface area contributed by atoms with Crippen molar-refractivity contribution in [1.29, 1.82) is 0 Å². The summed E-state index contributed by atoms with van der Waals surface area (Å²) in [4.78, 5) is 48.8. The van der Waals surface area contributed by atoms with Crippen LogP contribution >= 0.6 is 7.37 Å². The topological polar surface area (TPSA) is 119 Å². The van der Waals surface area contributed by atoms with Gasteiger partial charge in [-0.25, -0.2) is 4.79 Å². The van der Waals surface area contributed by atoms with Crippen LogP contribution in [-0.4, -0.2) is 48.4 Å². The Morgan fingerprint density at radius 2 is 1.33 bits per heavy atom. The number of carbonyl (C=O) groups excluding carboxylic acids is 3. The second kappa shape index (κ2) is 13.6. The summed E-state index contributed by atoms with van der Waals surface area (Å²) in [5, 5.41) is 2.39. The minimum Gasteiger partial charge on any atom is -0.457 e. The summed E-state index contributed by atoms with van der Waals surface area (Å²) >= 11 is 0. The number of rotatable bonds is 12. The fourth-order valence-electron chi connectivity index (χ4n) is 5.33. The van der Waals surface area contributed by atoms with E-state index < -0.39 is 44.4 Å². The summed E-state index contributed by atoms with van der Waals surface area (Å²) in [5.74, 6) is -2.30. The predicted molar refractivity (Wildman–Crippen MR) is 163 cm³/mol. The highest BCUT2D eigenvalue weighted by atomic mass is 31.2. The van der Waals surface area contributed by atoms with E-state index in [0.717, 1.165) is 27.8 Å². The number of Topliss-reactive ketones (excluding diaryl/α,β-unsaturated/α-hetero) is 1. The lowest BCUT2D eigenvalue weighted by Gasteiger charge is -2.20. The Balaban J connectivity index is 1.18. The fraction of sp³-hybridized carbons (Fsp3) is 0.206. The molecule has 0 saturated carbocycles. The zero-order valence-corrected chi connectivity index (χ0v) is 24.3. The zero-order chi connectivity index (χ0) is 30.2. The minimum atomic E-state index is -4.05. The van der Waals surface area contributed by atoms with Crippen LogP contribution in [0, 0.1) is 5.92 Å². The molecule has 0 fully saturated rings. The van der Waals surface area contributed by atoms with Crippen molar-refractivity contribution in [3.05, 3.63) is 131 Å². The van der Waals surface area contributed by atoms with Gasteiger partial charge in [-0.2, -0.15) is 0 Å². The first-order valence-corrected chi connectivity index (χ1v) is 16.0. The van der Waals surface area contributed by atoms with Gasteiger partial charge in [0, 0.05) is 17.6 Å². The van der Waals surface area contributed by atoms with Crippen LogP contribution in [0.15, 0.2) is 109 Å². The van der Waals surface area contributed by atoms with Gasteiger partial charge in [0.1, 0.15) is 6.61 Å². The van der Waals surface area contributed by atoms with Crippen molar-refractivity contribution in [2.75, 3.05) is 25.7 Å². The lowest BCUT2D eigenvalue weighted by molar-refractivity contribution is -0.146. The molecule has 1 aliphatic carbocycles. The number of carbonyl (C=O) groups is 3. The second-order valence-corrected chi connectivity index (χ2v) is 12.8. The van der Waals surface area contributed by atoms with Gasteiger partial charge in [0.2, 0.25) is 7.37 Å². The number of hydrogen-bond acceptors (Lipinski definition) is 6. The molecule has 9 heteroatoms. The third-order valence-electron chi connectivity index (χ3n) is 7.42. The van der Waals surface area contributed by atoms with Crippen LogP contribution in [0.25, 0.3) is 11.1 Å². The van der Waals surface area contributed by atoms with Crippen LogP contribution < -0.4 is 5.32 Å². The molecule has 1 amide bonds. The average Bonchev–Trinajstić information content (AvgIpc) is 3.35. The highest BCUT2D eigenvalue weighted by Gasteiger charge is 2.32. The predicted octanol–water partition coefficient (Wildman–Crippen LogP) is 6.04. The molecule has 0 saturated heterocycles. The van der Waals surface area contributed by atoms with Gasteiger partial charge >= 0.3 is 12.1 Å². The van der Waals surface area contributed by atoms with Gasteiger partial charge in [0.15, 0.2) is 12.4 Å². The van der Waals surface area contributed by atoms with Gasteiger partial charge < -0.3 is 19.7 Å². The number of hydrogen-bond donors (Lipinski definition) is 2. The van der Waals surface area contributed by atoms with Crippen LogP contribution in [0.3, 0.4) is 0 Å². The molecule has 2 unspecified atom stereocenters. The van der Waals surface area contributed by atoms with Crippen molar-refractivity contribution in [3.8, 4) is 11.1 Å². The molecule has 0 radical (unpaired) electrons. The third-order valence-corrected chi connectivity index (χ3v) is 9.08. The maximum absolute atomic E-state index is 13.2. The zero-order valence-electron chi connectivity index (χ0n) is 23.4. The normalized spacial score (nSPS) is 14.1. The lowest BCUT2D eigenvalue weighted by Crippen LogP contribution is -2.30. The Bertz CT molecular complexity index is 1600. The van der Waals surface area contributed by atoms with Gasteiger partial charge in [-0.1, -0.05) is 109 Å². The van der Waals surface area contributed by atoms with Crippen molar-refractivity contribution in [2.45, 2.75) is 12.3 Å². The number of ketones is 1. The molecule has 4 aromatic carbocycles. The summed E-state index contributed by atoms with van der Waals surface area (Å²) in [6.07, 6.45) is -1.71. The molecule has 4 aromatic rings. The van der Waals surface area contributed by atoms with Gasteiger partial charge in [-0.15, -0.1) is 0 Å². The Hall–Kier alpha value is -4.52. The molecule has 2 N–H and O–H groups in total. The van der Waals surface area contributed by atoms with E-state index in [-0.39, 0.29) is 24.7 Å². The molecule has 43 heavy (non-hydrogen) atoms. The molecular weight excluding hydrogens is 565 g/mol. The van der Waals surface area contributed by atoms with Crippen LogP contribution in [0.2, 0.25) is 0 Å².